The Morgan fingerprint density at radius 2 is 2.11 bits per heavy atom. The van der Waals surface area contributed by atoms with Crippen LogP contribution in [0.4, 0.5) is 0 Å². The van der Waals surface area contributed by atoms with Crippen LogP contribution in [0.1, 0.15) is 64.7 Å². The molecule has 1 nitrogen and oxygen atoms in total. The highest BCUT2D eigenvalue weighted by atomic mass is 16.3. The van der Waals surface area contributed by atoms with Gasteiger partial charge >= 0.3 is 0 Å². The Hall–Kier alpha value is -0.720. The standard InChI is InChI=1S/C18H26O/c1-18-9-2-3-17(18)16-6-4-12-11-13(19)5-7-14(12)15(16)8-10-18/h5,15-17,19H,2-4,6-11H2,1H3/t15-,16-,17+,18+/m1/s1. The van der Waals surface area contributed by atoms with Crippen LogP contribution >= 0.6 is 0 Å². The van der Waals surface area contributed by atoms with Crippen LogP contribution in [0.5, 0.6) is 0 Å². The summed E-state index contributed by atoms with van der Waals surface area (Å²) in [7, 11) is 0. The lowest BCUT2D eigenvalue weighted by Gasteiger charge is -2.50. The van der Waals surface area contributed by atoms with Crippen molar-refractivity contribution >= 4 is 0 Å². The van der Waals surface area contributed by atoms with Crippen molar-refractivity contribution < 1.29 is 5.11 Å². The van der Waals surface area contributed by atoms with Gasteiger partial charge < -0.3 is 5.11 Å². The predicted molar refractivity (Wildman–Crippen MR) is 77.9 cm³/mol. The van der Waals surface area contributed by atoms with E-state index in [9.17, 15) is 5.11 Å². The van der Waals surface area contributed by atoms with E-state index < -0.39 is 0 Å². The first kappa shape index (κ1) is 12.1. The van der Waals surface area contributed by atoms with E-state index >= 15 is 0 Å². The second-order valence-electron chi connectivity index (χ2n) is 7.71. The van der Waals surface area contributed by atoms with E-state index in [-0.39, 0.29) is 0 Å². The van der Waals surface area contributed by atoms with Gasteiger partial charge in [-0.3, -0.25) is 0 Å². The lowest BCUT2D eigenvalue weighted by Crippen LogP contribution is -2.41. The summed E-state index contributed by atoms with van der Waals surface area (Å²) in [5.41, 5.74) is 4.01. The van der Waals surface area contributed by atoms with Crippen molar-refractivity contribution in [3.05, 3.63) is 23.0 Å². The molecule has 19 heavy (non-hydrogen) atoms. The molecule has 0 bridgehead atoms. The Balaban J connectivity index is 1.64. The number of hydrogen-bond acceptors (Lipinski definition) is 1. The molecule has 0 aromatic heterocycles. The van der Waals surface area contributed by atoms with Gasteiger partial charge in [0.05, 0.1) is 5.76 Å². The summed E-state index contributed by atoms with van der Waals surface area (Å²) in [4.78, 5) is 0. The minimum atomic E-state index is 0.624. The van der Waals surface area contributed by atoms with E-state index in [2.05, 4.69) is 13.0 Å². The average Bonchev–Trinajstić information content (AvgIpc) is 2.79. The van der Waals surface area contributed by atoms with Gasteiger partial charge in [0.2, 0.25) is 0 Å². The van der Waals surface area contributed by atoms with Gasteiger partial charge in [-0.15, -0.1) is 0 Å². The maximum Gasteiger partial charge on any atom is 0.0926 e. The second-order valence-corrected chi connectivity index (χ2v) is 7.71. The molecule has 104 valence electrons. The second kappa shape index (κ2) is 4.14. The zero-order chi connectivity index (χ0) is 13.0. The Bertz CT molecular complexity index is 458. The summed E-state index contributed by atoms with van der Waals surface area (Å²) in [6.07, 6.45) is 14.0. The fraction of sp³-hybridized carbons (Fsp3) is 0.778. The molecule has 0 heterocycles. The third kappa shape index (κ3) is 1.73. The van der Waals surface area contributed by atoms with Crippen LogP contribution in [0.25, 0.3) is 0 Å². The van der Waals surface area contributed by atoms with Gasteiger partial charge in [0.1, 0.15) is 0 Å². The summed E-state index contributed by atoms with van der Waals surface area (Å²) in [5, 5.41) is 9.76. The fourth-order valence-corrected chi connectivity index (χ4v) is 5.90. The number of aliphatic hydroxyl groups is 1. The first-order chi connectivity index (χ1) is 9.17. The van der Waals surface area contributed by atoms with Crippen molar-refractivity contribution in [2.75, 3.05) is 0 Å². The van der Waals surface area contributed by atoms with Crippen molar-refractivity contribution in [1.29, 1.82) is 0 Å². The number of allylic oxidation sites excluding steroid dienone is 3. The highest BCUT2D eigenvalue weighted by molar-refractivity contribution is 5.32. The van der Waals surface area contributed by atoms with E-state index in [1.54, 1.807) is 11.1 Å². The summed E-state index contributed by atoms with van der Waals surface area (Å²) in [6.45, 7) is 2.57. The molecule has 0 spiro atoms. The first-order valence-electron chi connectivity index (χ1n) is 8.26. The van der Waals surface area contributed by atoms with Crippen molar-refractivity contribution in [3.63, 3.8) is 0 Å². The molecule has 4 aliphatic rings. The van der Waals surface area contributed by atoms with Crippen molar-refractivity contribution in [2.45, 2.75) is 64.7 Å². The molecule has 1 N–H and O–H groups in total. The van der Waals surface area contributed by atoms with E-state index in [0.29, 0.717) is 11.2 Å². The molecule has 0 radical (unpaired) electrons. The van der Waals surface area contributed by atoms with Crippen LogP contribution in [-0.2, 0) is 0 Å². The maximum atomic E-state index is 9.76. The zero-order valence-electron chi connectivity index (χ0n) is 12.1. The Labute approximate surface area is 116 Å². The van der Waals surface area contributed by atoms with Crippen LogP contribution in [0.2, 0.25) is 0 Å². The summed E-state index contributed by atoms with van der Waals surface area (Å²) in [5.74, 6) is 3.46. The quantitative estimate of drug-likeness (QED) is 0.596. The minimum Gasteiger partial charge on any atom is -0.512 e. The van der Waals surface area contributed by atoms with Gasteiger partial charge in [0, 0.05) is 6.42 Å². The molecule has 0 unspecified atom stereocenters. The molecule has 4 rings (SSSR count). The minimum absolute atomic E-state index is 0.624. The molecule has 4 atom stereocenters. The monoisotopic (exact) mass is 258 g/mol. The summed E-state index contributed by atoms with van der Waals surface area (Å²) >= 11 is 0. The molecular weight excluding hydrogens is 232 g/mol. The molecule has 2 fully saturated rings. The molecule has 2 saturated carbocycles. The molecule has 4 aliphatic carbocycles. The molecule has 0 aromatic rings. The SMILES string of the molecule is C[C@@]12CCC[C@H]1[C@@H]1CCC3=C(CC=C(O)C3)[C@H]1CC2. The van der Waals surface area contributed by atoms with Gasteiger partial charge in [-0.2, -0.15) is 0 Å². The number of fused-ring (bicyclic) bond motifs is 4. The Morgan fingerprint density at radius 1 is 1.21 bits per heavy atom. The molecule has 0 aliphatic heterocycles. The highest BCUT2D eigenvalue weighted by Crippen LogP contribution is 2.60. The molecule has 1 heteroatoms. The van der Waals surface area contributed by atoms with Crippen LogP contribution in [0.15, 0.2) is 23.0 Å². The van der Waals surface area contributed by atoms with Crippen LogP contribution in [-0.4, -0.2) is 5.11 Å². The zero-order valence-corrected chi connectivity index (χ0v) is 12.1. The van der Waals surface area contributed by atoms with Crippen molar-refractivity contribution in [3.8, 4) is 0 Å². The van der Waals surface area contributed by atoms with E-state index in [4.69, 9.17) is 0 Å². The highest BCUT2D eigenvalue weighted by Gasteiger charge is 2.50. The average molecular weight is 258 g/mol. The van der Waals surface area contributed by atoms with E-state index in [0.717, 1.165) is 30.6 Å². The van der Waals surface area contributed by atoms with Crippen molar-refractivity contribution in [1.82, 2.24) is 0 Å². The fourth-order valence-electron chi connectivity index (χ4n) is 5.90. The van der Waals surface area contributed by atoms with Crippen LogP contribution < -0.4 is 0 Å². The lowest BCUT2D eigenvalue weighted by atomic mass is 9.55. The van der Waals surface area contributed by atoms with Gasteiger partial charge in [-0.1, -0.05) is 24.5 Å². The Kier molecular flexibility index (Phi) is 2.62. The van der Waals surface area contributed by atoms with Gasteiger partial charge in [0.15, 0.2) is 0 Å². The van der Waals surface area contributed by atoms with Crippen molar-refractivity contribution in [2.24, 2.45) is 23.2 Å². The van der Waals surface area contributed by atoms with Crippen LogP contribution in [0, 0.1) is 23.2 Å². The maximum absolute atomic E-state index is 9.76. The number of rotatable bonds is 0. The van der Waals surface area contributed by atoms with E-state index in [1.165, 1.54) is 44.9 Å². The number of hydrogen-bond donors (Lipinski definition) is 1. The largest absolute Gasteiger partial charge is 0.512 e. The smallest absolute Gasteiger partial charge is 0.0926 e. The lowest BCUT2D eigenvalue weighted by molar-refractivity contribution is 0.0423. The number of aliphatic hydroxyl groups excluding tert-OH is 1. The van der Waals surface area contributed by atoms with Gasteiger partial charge in [0.25, 0.3) is 0 Å². The van der Waals surface area contributed by atoms with E-state index in [1.807, 2.05) is 0 Å². The third-order valence-corrected chi connectivity index (χ3v) is 6.85. The van der Waals surface area contributed by atoms with Gasteiger partial charge in [-0.05, 0) is 74.2 Å². The Morgan fingerprint density at radius 3 is 3.00 bits per heavy atom. The topological polar surface area (TPSA) is 20.2 Å². The third-order valence-electron chi connectivity index (χ3n) is 6.85. The summed E-state index contributed by atoms with van der Waals surface area (Å²) in [6, 6.07) is 0. The van der Waals surface area contributed by atoms with Gasteiger partial charge in [-0.25, -0.2) is 0 Å². The first-order valence-corrected chi connectivity index (χ1v) is 8.26. The summed E-state index contributed by atoms with van der Waals surface area (Å²) < 4.78 is 0. The molecule has 0 amide bonds. The molecule has 0 saturated heterocycles. The normalized spacial score (nSPS) is 45.3. The van der Waals surface area contributed by atoms with Crippen LogP contribution in [0.3, 0.4) is 0 Å². The molecule has 0 aromatic carbocycles. The predicted octanol–water partition coefficient (Wildman–Crippen LogP) is 5.15. The molecular formula is C18H26O.